The maximum atomic E-state index is 5.76. The van der Waals surface area contributed by atoms with Crippen LogP contribution in [-0.4, -0.2) is 15.7 Å². The van der Waals surface area contributed by atoms with E-state index in [2.05, 4.69) is 25.9 Å². The van der Waals surface area contributed by atoms with Gasteiger partial charge in [0, 0.05) is 11.9 Å². The van der Waals surface area contributed by atoms with Crippen LogP contribution >= 0.6 is 39.3 Å². The molecule has 15 heavy (non-hydrogen) atoms. The van der Waals surface area contributed by atoms with E-state index < -0.39 is 0 Å². The summed E-state index contributed by atoms with van der Waals surface area (Å²) in [4.78, 5) is 8.12. The Hall–Kier alpha value is 0.200. The number of thioether (sulfide) groups is 1. The van der Waals surface area contributed by atoms with Gasteiger partial charge < -0.3 is 0 Å². The third-order valence-corrected chi connectivity index (χ3v) is 4.86. The van der Waals surface area contributed by atoms with Crippen molar-refractivity contribution in [3.63, 3.8) is 0 Å². The summed E-state index contributed by atoms with van der Waals surface area (Å²) >= 11 is 11.0. The van der Waals surface area contributed by atoms with Gasteiger partial charge >= 0.3 is 0 Å². The molecule has 1 aromatic heterocycles. The first-order valence-electron chi connectivity index (χ1n) is 5.06. The fourth-order valence-corrected chi connectivity index (χ4v) is 3.59. The smallest absolute Gasteiger partial charge is 0.223 e. The summed E-state index contributed by atoms with van der Waals surface area (Å²) in [6, 6.07) is 0. The summed E-state index contributed by atoms with van der Waals surface area (Å²) < 4.78 is 0.940. The van der Waals surface area contributed by atoms with Crippen LogP contribution in [0.3, 0.4) is 0 Å². The van der Waals surface area contributed by atoms with Crippen LogP contribution in [0.4, 0.5) is 0 Å². The van der Waals surface area contributed by atoms with Crippen molar-refractivity contribution in [2.24, 2.45) is 5.92 Å². The summed E-state index contributed by atoms with van der Waals surface area (Å²) in [6.45, 7) is 0. The third-order valence-electron chi connectivity index (χ3n) is 2.61. The summed E-state index contributed by atoms with van der Waals surface area (Å²) in [5, 5.41) is 1.29. The minimum Gasteiger partial charge on any atom is -0.225 e. The number of aromatic nitrogens is 2. The third kappa shape index (κ3) is 3.33. The van der Waals surface area contributed by atoms with Crippen molar-refractivity contribution in [3.8, 4) is 0 Å². The van der Waals surface area contributed by atoms with E-state index in [1.807, 2.05) is 0 Å². The molecular formula is C10H12BrClN2S. The van der Waals surface area contributed by atoms with E-state index in [0.717, 1.165) is 21.2 Å². The highest BCUT2D eigenvalue weighted by Crippen LogP contribution is 2.33. The Kier molecular flexibility index (Phi) is 4.29. The molecule has 0 saturated heterocycles. The number of halogens is 2. The van der Waals surface area contributed by atoms with Gasteiger partial charge in [-0.05, 0) is 46.3 Å². The Balaban J connectivity index is 1.94. The van der Waals surface area contributed by atoms with E-state index in [1.54, 1.807) is 18.0 Å². The first kappa shape index (κ1) is 11.7. The van der Waals surface area contributed by atoms with Crippen molar-refractivity contribution in [3.05, 3.63) is 16.0 Å². The van der Waals surface area contributed by atoms with E-state index in [-0.39, 0.29) is 0 Å². The van der Waals surface area contributed by atoms with Crippen molar-refractivity contribution in [2.75, 3.05) is 5.75 Å². The Bertz CT molecular complexity index is 342. The maximum Gasteiger partial charge on any atom is 0.223 e. The van der Waals surface area contributed by atoms with Gasteiger partial charge in [0.2, 0.25) is 5.28 Å². The highest BCUT2D eigenvalue weighted by Gasteiger charge is 2.16. The Morgan fingerprint density at radius 2 is 2.20 bits per heavy atom. The molecule has 0 aromatic carbocycles. The summed E-state index contributed by atoms with van der Waals surface area (Å²) in [6.07, 6.45) is 7.22. The van der Waals surface area contributed by atoms with Crippen LogP contribution in [0.1, 0.15) is 25.7 Å². The lowest BCUT2D eigenvalue weighted by molar-refractivity contribution is 0.622. The molecule has 1 aliphatic carbocycles. The SMILES string of the molecule is Clc1ncc(Br)c(SCC2CCCC2)n1. The van der Waals surface area contributed by atoms with Crippen molar-refractivity contribution < 1.29 is 0 Å². The Morgan fingerprint density at radius 3 is 2.93 bits per heavy atom. The summed E-state index contributed by atoms with van der Waals surface area (Å²) in [5.74, 6) is 2.00. The van der Waals surface area contributed by atoms with Crippen LogP contribution in [-0.2, 0) is 0 Å². The molecule has 5 heteroatoms. The van der Waals surface area contributed by atoms with Gasteiger partial charge in [-0.1, -0.05) is 12.8 Å². The minimum atomic E-state index is 0.326. The van der Waals surface area contributed by atoms with Crippen molar-refractivity contribution in [2.45, 2.75) is 30.7 Å². The van der Waals surface area contributed by atoms with E-state index >= 15 is 0 Å². The number of hydrogen-bond donors (Lipinski definition) is 0. The van der Waals surface area contributed by atoms with Gasteiger partial charge in [-0.15, -0.1) is 11.8 Å². The van der Waals surface area contributed by atoms with Crippen LogP contribution in [0.5, 0.6) is 0 Å². The molecule has 0 bridgehead atoms. The van der Waals surface area contributed by atoms with Gasteiger partial charge in [-0.25, -0.2) is 9.97 Å². The standard InChI is InChI=1S/C10H12BrClN2S/c11-8-5-13-10(12)14-9(8)15-6-7-3-1-2-4-7/h5,7H,1-4,6H2. The average Bonchev–Trinajstić information content (AvgIpc) is 2.72. The topological polar surface area (TPSA) is 25.8 Å². The van der Waals surface area contributed by atoms with Crippen molar-refractivity contribution in [1.82, 2.24) is 9.97 Å². The van der Waals surface area contributed by atoms with Crippen molar-refractivity contribution in [1.29, 1.82) is 0 Å². The lowest BCUT2D eigenvalue weighted by atomic mass is 10.1. The number of hydrogen-bond acceptors (Lipinski definition) is 3. The number of nitrogens with zero attached hydrogens (tertiary/aromatic N) is 2. The Morgan fingerprint density at radius 1 is 1.47 bits per heavy atom. The van der Waals surface area contributed by atoms with Gasteiger partial charge in [0.1, 0.15) is 5.03 Å². The molecule has 1 aromatic rings. The fraction of sp³-hybridized carbons (Fsp3) is 0.600. The second-order valence-electron chi connectivity index (χ2n) is 3.75. The zero-order chi connectivity index (χ0) is 10.7. The molecule has 1 heterocycles. The van der Waals surface area contributed by atoms with Crippen LogP contribution < -0.4 is 0 Å². The van der Waals surface area contributed by atoms with E-state index in [4.69, 9.17) is 11.6 Å². The first-order valence-corrected chi connectivity index (χ1v) is 7.22. The molecule has 1 aliphatic rings. The second-order valence-corrected chi connectivity index (χ2v) is 5.95. The summed E-state index contributed by atoms with van der Waals surface area (Å²) in [5.41, 5.74) is 0. The molecule has 0 unspecified atom stereocenters. The second kappa shape index (κ2) is 5.51. The lowest BCUT2D eigenvalue weighted by Crippen LogP contribution is -1.97. The molecule has 82 valence electrons. The van der Waals surface area contributed by atoms with E-state index in [0.29, 0.717) is 5.28 Å². The highest BCUT2D eigenvalue weighted by atomic mass is 79.9. The van der Waals surface area contributed by atoms with Crippen LogP contribution in [0, 0.1) is 5.92 Å². The predicted molar refractivity (Wildman–Crippen MR) is 67.4 cm³/mol. The van der Waals surface area contributed by atoms with Gasteiger partial charge in [-0.2, -0.15) is 0 Å². The van der Waals surface area contributed by atoms with Crippen LogP contribution in [0.15, 0.2) is 15.7 Å². The predicted octanol–water partition coefficient (Wildman–Crippen LogP) is 4.17. The lowest BCUT2D eigenvalue weighted by Gasteiger charge is -2.08. The monoisotopic (exact) mass is 306 g/mol. The average molecular weight is 308 g/mol. The fourth-order valence-electron chi connectivity index (χ4n) is 1.81. The normalized spacial score (nSPS) is 17.2. The van der Waals surface area contributed by atoms with Crippen LogP contribution in [0.25, 0.3) is 0 Å². The molecule has 1 saturated carbocycles. The molecular weight excluding hydrogens is 296 g/mol. The largest absolute Gasteiger partial charge is 0.225 e. The minimum absolute atomic E-state index is 0.326. The van der Waals surface area contributed by atoms with E-state index in [9.17, 15) is 0 Å². The molecule has 2 rings (SSSR count). The van der Waals surface area contributed by atoms with Crippen LogP contribution in [0.2, 0.25) is 5.28 Å². The number of rotatable bonds is 3. The quantitative estimate of drug-likeness (QED) is 0.476. The van der Waals surface area contributed by atoms with Gasteiger partial charge in [0.05, 0.1) is 4.47 Å². The highest BCUT2D eigenvalue weighted by molar-refractivity contribution is 9.10. The molecule has 0 amide bonds. The van der Waals surface area contributed by atoms with Gasteiger partial charge in [0.25, 0.3) is 0 Å². The molecule has 0 radical (unpaired) electrons. The molecule has 0 atom stereocenters. The molecule has 1 fully saturated rings. The Labute approximate surface area is 107 Å². The molecule has 0 aliphatic heterocycles. The maximum absolute atomic E-state index is 5.76. The molecule has 2 nitrogen and oxygen atoms in total. The van der Waals surface area contributed by atoms with E-state index in [1.165, 1.54) is 25.7 Å². The van der Waals surface area contributed by atoms with Gasteiger partial charge in [0.15, 0.2) is 0 Å². The zero-order valence-corrected chi connectivity index (χ0v) is 11.4. The van der Waals surface area contributed by atoms with Crippen molar-refractivity contribution >= 4 is 39.3 Å². The molecule has 0 spiro atoms. The van der Waals surface area contributed by atoms with Gasteiger partial charge in [-0.3, -0.25) is 0 Å². The summed E-state index contributed by atoms with van der Waals surface area (Å²) in [7, 11) is 0. The first-order chi connectivity index (χ1) is 7.25. The zero-order valence-electron chi connectivity index (χ0n) is 8.25. The molecule has 0 N–H and O–H groups in total.